The van der Waals surface area contributed by atoms with Crippen LogP contribution in [0.25, 0.3) is 0 Å². The van der Waals surface area contributed by atoms with Crippen LogP contribution in [0, 0.1) is 5.82 Å². The van der Waals surface area contributed by atoms with Gasteiger partial charge in [-0.2, -0.15) is 0 Å². The fraction of sp³-hybridized carbons (Fsp3) is 0.538. The van der Waals surface area contributed by atoms with E-state index in [1.807, 2.05) is 0 Å². The molecule has 0 saturated heterocycles. The predicted octanol–water partition coefficient (Wildman–Crippen LogP) is 2.78. The summed E-state index contributed by atoms with van der Waals surface area (Å²) in [6.45, 7) is 3.45. The molecule has 0 aliphatic rings. The van der Waals surface area contributed by atoms with Gasteiger partial charge in [0.15, 0.2) is 0 Å². The quantitative estimate of drug-likeness (QED) is 0.440. The molecule has 0 bridgehead atoms. The lowest BCUT2D eigenvalue weighted by Gasteiger charge is -2.16. The molecule has 3 N–H and O–H groups in total. The maximum Gasteiger partial charge on any atom is 0.126 e. The smallest absolute Gasteiger partial charge is 0.126 e. The van der Waals surface area contributed by atoms with Gasteiger partial charge in [0.2, 0.25) is 0 Å². The van der Waals surface area contributed by atoms with Crippen LogP contribution < -0.4 is 11.3 Å². The Hall–Kier alpha value is -0.490. The predicted molar refractivity (Wildman–Crippen MR) is 74.6 cm³/mol. The largest absolute Gasteiger partial charge is 0.381 e. The zero-order valence-electron chi connectivity index (χ0n) is 10.6. The number of ether oxygens (including phenoxy) is 1. The van der Waals surface area contributed by atoms with Crippen LogP contribution in [0.3, 0.4) is 0 Å². The molecule has 0 aliphatic heterocycles. The van der Waals surface area contributed by atoms with E-state index in [0.717, 1.165) is 23.9 Å². The summed E-state index contributed by atoms with van der Waals surface area (Å²) >= 11 is 3.34. The van der Waals surface area contributed by atoms with E-state index in [4.69, 9.17) is 10.6 Å². The molecule has 1 aromatic carbocycles. The van der Waals surface area contributed by atoms with Gasteiger partial charge in [0.25, 0.3) is 0 Å². The van der Waals surface area contributed by atoms with Crippen LogP contribution in [-0.4, -0.2) is 19.3 Å². The van der Waals surface area contributed by atoms with Crippen molar-refractivity contribution in [1.29, 1.82) is 0 Å². The number of hydrazine groups is 1. The Bertz CT molecular complexity index is 363. The van der Waals surface area contributed by atoms with Crippen molar-refractivity contribution in [2.45, 2.75) is 32.2 Å². The van der Waals surface area contributed by atoms with Crippen LogP contribution in [-0.2, 0) is 11.2 Å². The highest BCUT2D eigenvalue weighted by atomic mass is 79.9. The van der Waals surface area contributed by atoms with E-state index >= 15 is 0 Å². The van der Waals surface area contributed by atoms with Crippen molar-refractivity contribution >= 4 is 15.9 Å². The van der Waals surface area contributed by atoms with E-state index in [1.165, 1.54) is 6.07 Å². The van der Waals surface area contributed by atoms with Crippen molar-refractivity contribution in [3.8, 4) is 0 Å². The Kier molecular flexibility index (Phi) is 7.42. The third kappa shape index (κ3) is 5.44. The molecule has 0 spiro atoms. The zero-order valence-corrected chi connectivity index (χ0v) is 12.2. The van der Waals surface area contributed by atoms with Crippen LogP contribution in [0.15, 0.2) is 22.7 Å². The van der Waals surface area contributed by atoms with Crippen molar-refractivity contribution in [2.24, 2.45) is 5.84 Å². The number of benzene rings is 1. The van der Waals surface area contributed by atoms with E-state index in [-0.39, 0.29) is 11.9 Å². The fourth-order valence-corrected chi connectivity index (χ4v) is 2.09. The molecule has 1 unspecified atom stereocenters. The highest BCUT2D eigenvalue weighted by Crippen LogP contribution is 2.17. The van der Waals surface area contributed by atoms with E-state index in [1.54, 1.807) is 12.1 Å². The first-order valence-corrected chi connectivity index (χ1v) is 6.94. The number of hydrogen-bond acceptors (Lipinski definition) is 3. The first-order chi connectivity index (χ1) is 8.67. The SMILES string of the molecule is CCCOCCC(Cc1cc(Br)ccc1F)NN. The normalized spacial score (nSPS) is 12.7. The number of hydrogen-bond donors (Lipinski definition) is 2. The van der Waals surface area contributed by atoms with Gasteiger partial charge in [0, 0.05) is 23.7 Å². The molecule has 1 atom stereocenters. The summed E-state index contributed by atoms with van der Waals surface area (Å²) in [4.78, 5) is 0. The molecule has 102 valence electrons. The average Bonchev–Trinajstić information content (AvgIpc) is 2.37. The first kappa shape index (κ1) is 15.6. The molecule has 0 amide bonds. The number of halogens is 2. The molecule has 18 heavy (non-hydrogen) atoms. The highest BCUT2D eigenvalue weighted by Gasteiger charge is 2.11. The standard InChI is InChI=1S/C13H20BrFN2O/c1-2-6-18-7-5-12(17-16)9-10-8-11(14)3-4-13(10)15/h3-4,8,12,17H,2,5-7,9,16H2,1H3. The van der Waals surface area contributed by atoms with Crippen LogP contribution in [0.4, 0.5) is 4.39 Å². The van der Waals surface area contributed by atoms with Gasteiger partial charge >= 0.3 is 0 Å². The lowest BCUT2D eigenvalue weighted by Crippen LogP contribution is -2.37. The molecule has 1 aromatic rings. The molecular formula is C13H20BrFN2O. The molecule has 5 heteroatoms. The molecule has 0 fully saturated rings. The number of nitrogens with two attached hydrogens (primary N) is 1. The van der Waals surface area contributed by atoms with Gasteiger partial charge in [-0.3, -0.25) is 11.3 Å². The zero-order chi connectivity index (χ0) is 13.4. The third-order valence-corrected chi connectivity index (χ3v) is 3.16. The van der Waals surface area contributed by atoms with Gasteiger partial charge in [-0.25, -0.2) is 4.39 Å². The Morgan fingerprint density at radius 2 is 2.22 bits per heavy atom. The summed E-state index contributed by atoms with van der Waals surface area (Å²) in [5.41, 5.74) is 3.37. The minimum atomic E-state index is -0.201. The van der Waals surface area contributed by atoms with Crippen LogP contribution in [0.2, 0.25) is 0 Å². The molecule has 0 heterocycles. The summed E-state index contributed by atoms with van der Waals surface area (Å²) in [5, 5.41) is 0. The Morgan fingerprint density at radius 1 is 1.44 bits per heavy atom. The molecule has 3 nitrogen and oxygen atoms in total. The number of nitrogens with one attached hydrogen (secondary N) is 1. The molecule has 0 aromatic heterocycles. The third-order valence-electron chi connectivity index (χ3n) is 2.67. The van der Waals surface area contributed by atoms with Gasteiger partial charge < -0.3 is 4.74 Å². The van der Waals surface area contributed by atoms with Gasteiger partial charge in [0.1, 0.15) is 5.82 Å². The van der Waals surface area contributed by atoms with Gasteiger partial charge in [0.05, 0.1) is 0 Å². The second-order valence-electron chi connectivity index (χ2n) is 4.20. The summed E-state index contributed by atoms with van der Waals surface area (Å²) in [5.74, 6) is 5.28. The molecule has 0 radical (unpaired) electrons. The molecule has 0 aliphatic carbocycles. The molecule has 1 rings (SSSR count). The van der Waals surface area contributed by atoms with Crippen LogP contribution >= 0.6 is 15.9 Å². The summed E-state index contributed by atoms with van der Waals surface area (Å²) < 4.78 is 19.9. The van der Waals surface area contributed by atoms with Crippen molar-refractivity contribution in [3.05, 3.63) is 34.1 Å². The van der Waals surface area contributed by atoms with Crippen LogP contribution in [0.1, 0.15) is 25.3 Å². The van der Waals surface area contributed by atoms with E-state index in [2.05, 4.69) is 28.3 Å². The second-order valence-corrected chi connectivity index (χ2v) is 5.12. The Morgan fingerprint density at radius 3 is 2.89 bits per heavy atom. The Labute approximate surface area is 116 Å². The Balaban J connectivity index is 2.48. The van der Waals surface area contributed by atoms with Crippen molar-refractivity contribution in [2.75, 3.05) is 13.2 Å². The van der Waals surface area contributed by atoms with E-state index < -0.39 is 0 Å². The van der Waals surface area contributed by atoms with Gasteiger partial charge in [-0.1, -0.05) is 22.9 Å². The van der Waals surface area contributed by atoms with Crippen molar-refractivity contribution < 1.29 is 9.13 Å². The second kappa shape index (κ2) is 8.58. The first-order valence-electron chi connectivity index (χ1n) is 6.15. The van der Waals surface area contributed by atoms with E-state index in [9.17, 15) is 4.39 Å². The molecular weight excluding hydrogens is 299 g/mol. The summed E-state index contributed by atoms with van der Waals surface area (Å²) in [6, 6.07) is 4.95. The lowest BCUT2D eigenvalue weighted by molar-refractivity contribution is 0.124. The van der Waals surface area contributed by atoms with Crippen LogP contribution in [0.5, 0.6) is 0 Å². The maximum absolute atomic E-state index is 13.6. The summed E-state index contributed by atoms with van der Waals surface area (Å²) in [6.07, 6.45) is 2.32. The van der Waals surface area contributed by atoms with E-state index in [0.29, 0.717) is 18.6 Å². The fourth-order valence-electron chi connectivity index (χ4n) is 1.68. The van der Waals surface area contributed by atoms with Crippen molar-refractivity contribution in [1.82, 2.24) is 5.43 Å². The lowest BCUT2D eigenvalue weighted by atomic mass is 10.0. The molecule has 0 saturated carbocycles. The minimum absolute atomic E-state index is 0.0191. The topological polar surface area (TPSA) is 47.3 Å². The maximum atomic E-state index is 13.6. The van der Waals surface area contributed by atoms with Gasteiger partial charge in [-0.05, 0) is 43.0 Å². The summed E-state index contributed by atoms with van der Waals surface area (Å²) in [7, 11) is 0. The van der Waals surface area contributed by atoms with Gasteiger partial charge in [-0.15, -0.1) is 0 Å². The highest BCUT2D eigenvalue weighted by molar-refractivity contribution is 9.10. The average molecular weight is 319 g/mol. The monoisotopic (exact) mass is 318 g/mol. The number of rotatable bonds is 8. The van der Waals surface area contributed by atoms with Crippen molar-refractivity contribution in [3.63, 3.8) is 0 Å². The minimum Gasteiger partial charge on any atom is -0.381 e.